The Morgan fingerprint density at radius 3 is 1.42 bits per heavy atom. The van der Waals surface area contributed by atoms with E-state index in [2.05, 4.69) is 0 Å². The third-order valence-electron chi connectivity index (χ3n) is 7.32. The molecule has 0 aromatic heterocycles. The Kier molecular flexibility index (Phi) is 13.1. The third kappa shape index (κ3) is 8.42. The molecule has 0 spiro atoms. The number of aliphatic hydroxyl groups excluding tert-OH is 3. The highest BCUT2D eigenvalue weighted by molar-refractivity contribution is 6.35. The molecular formula is C27H36Cl4N2O5. The Hall–Kier alpha value is -1.16. The van der Waals surface area contributed by atoms with Crippen molar-refractivity contribution in [3.63, 3.8) is 0 Å². The quantitative estimate of drug-likeness (QED) is 0.208. The highest BCUT2D eigenvalue weighted by atomic mass is 35.5. The number of hydrogen-bond acceptors (Lipinski definition) is 6. The van der Waals surface area contributed by atoms with Crippen LogP contribution in [0.15, 0.2) is 36.4 Å². The van der Waals surface area contributed by atoms with Gasteiger partial charge in [0.05, 0.1) is 6.10 Å². The molecule has 2 aromatic carbocycles. The maximum Gasteiger partial charge on any atom is 0.251 e. The first-order chi connectivity index (χ1) is 18.0. The number of nitrogens with zero attached hydrogens (tertiary/aromatic N) is 1. The van der Waals surface area contributed by atoms with Crippen LogP contribution in [0.4, 0.5) is 0 Å². The Bertz CT molecular complexity index is 1020. The highest BCUT2D eigenvalue weighted by Crippen LogP contribution is 2.42. The molecule has 0 saturated heterocycles. The lowest BCUT2D eigenvalue weighted by Gasteiger charge is -2.38. The van der Waals surface area contributed by atoms with Crippen molar-refractivity contribution in [3.05, 3.63) is 77.7 Å². The van der Waals surface area contributed by atoms with Crippen LogP contribution in [-0.2, 0) is 0 Å². The molecule has 38 heavy (non-hydrogen) atoms. The van der Waals surface area contributed by atoms with Gasteiger partial charge in [-0.05, 0) is 73.2 Å². The van der Waals surface area contributed by atoms with Crippen molar-refractivity contribution < 1.29 is 20.2 Å². The second kappa shape index (κ2) is 15.0. The molecule has 2 aromatic rings. The molecule has 4 rings (SSSR count). The van der Waals surface area contributed by atoms with Gasteiger partial charge in [0.1, 0.15) is 6.10 Å². The monoisotopic (exact) mass is 608 g/mol. The number of hydrogen-bond donors (Lipinski definition) is 4. The van der Waals surface area contributed by atoms with Crippen LogP contribution in [-0.4, -0.2) is 38.4 Å². The molecule has 212 valence electrons. The lowest BCUT2D eigenvalue weighted by molar-refractivity contribution is -0.589. The Morgan fingerprint density at radius 2 is 1.05 bits per heavy atom. The fourth-order valence-electron chi connectivity index (χ4n) is 5.31. The zero-order valence-corrected chi connectivity index (χ0v) is 24.4. The van der Waals surface area contributed by atoms with E-state index in [1.54, 1.807) is 24.3 Å². The molecule has 11 heteroatoms. The number of aliphatic hydroxyl groups is 3. The van der Waals surface area contributed by atoms with Crippen LogP contribution in [0.2, 0.25) is 20.1 Å². The Morgan fingerprint density at radius 1 is 0.711 bits per heavy atom. The molecule has 0 radical (unpaired) electrons. The van der Waals surface area contributed by atoms with E-state index in [0.29, 0.717) is 44.1 Å². The zero-order chi connectivity index (χ0) is 28.5. The molecule has 0 amide bonds. The largest absolute Gasteiger partial charge is 0.400 e. The lowest BCUT2D eigenvalue weighted by atomic mass is 9.76. The minimum Gasteiger partial charge on any atom is -0.400 e. The van der Waals surface area contributed by atoms with Crippen LogP contribution in [0.1, 0.15) is 87.5 Å². The van der Waals surface area contributed by atoms with E-state index < -0.39 is 23.3 Å². The predicted molar refractivity (Wildman–Crippen MR) is 154 cm³/mol. The summed E-state index contributed by atoms with van der Waals surface area (Å²) in [5.41, 5.74) is 5.58. The number of nitrogens with two attached hydrogens (primary N) is 1. The molecule has 0 bridgehead atoms. The summed E-state index contributed by atoms with van der Waals surface area (Å²) in [4.78, 5) is 11.1. The summed E-state index contributed by atoms with van der Waals surface area (Å²) in [6.07, 6.45) is 6.40. The van der Waals surface area contributed by atoms with E-state index in [-0.39, 0.29) is 4.92 Å². The van der Waals surface area contributed by atoms with Gasteiger partial charge in [-0.1, -0.05) is 72.1 Å². The molecule has 2 aliphatic carbocycles. The highest BCUT2D eigenvalue weighted by Gasteiger charge is 2.51. The summed E-state index contributed by atoms with van der Waals surface area (Å²) in [7, 11) is 1.00. The maximum atomic E-state index is 11.4. The average molecular weight is 610 g/mol. The number of halogens is 4. The second-order valence-corrected chi connectivity index (χ2v) is 11.7. The van der Waals surface area contributed by atoms with E-state index in [4.69, 9.17) is 57.2 Å². The van der Waals surface area contributed by atoms with Crippen LogP contribution in [0.3, 0.4) is 0 Å². The van der Waals surface area contributed by atoms with Gasteiger partial charge >= 0.3 is 0 Å². The van der Waals surface area contributed by atoms with Gasteiger partial charge in [-0.3, -0.25) is 10.1 Å². The third-order valence-corrected chi connectivity index (χ3v) is 8.20. The van der Waals surface area contributed by atoms with Gasteiger partial charge in [0.15, 0.2) is 0 Å². The van der Waals surface area contributed by atoms with Crippen molar-refractivity contribution in [2.75, 3.05) is 7.11 Å². The molecule has 5 N–H and O–H groups in total. The first-order valence-corrected chi connectivity index (χ1v) is 14.1. The first-order valence-electron chi connectivity index (χ1n) is 12.6. The summed E-state index contributed by atoms with van der Waals surface area (Å²) >= 11 is 23.7. The van der Waals surface area contributed by atoms with E-state index in [9.17, 15) is 20.3 Å². The van der Waals surface area contributed by atoms with Gasteiger partial charge in [-0.2, -0.15) is 0 Å². The van der Waals surface area contributed by atoms with Gasteiger partial charge < -0.3 is 21.1 Å². The van der Waals surface area contributed by atoms with Crippen LogP contribution < -0.4 is 5.73 Å². The van der Waals surface area contributed by atoms with Crippen molar-refractivity contribution in [1.29, 1.82) is 0 Å². The van der Waals surface area contributed by atoms with Gasteiger partial charge in [-0.15, -0.1) is 0 Å². The summed E-state index contributed by atoms with van der Waals surface area (Å²) < 4.78 is 0. The molecule has 2 unspecified atom stereocenters. The van der Waals surface area contributed by atoms with Gasteiger partial charge in [0, 0.05) is 50.5 Å². The normalized spacial score (nSPS) is 19.6. The van der Waals surface area contributed by atoms with E-state index >= 15 is 0 Å². The number of nitro groups is 1. The summed E-state index contributed by atoms with van der Waals surface area (Å²) in [5, 5.41) is 41.1. The van der Waals surface area contributed by atoms with Crippen molar-refractivity contribution >= 4 is 46.4 Å². The first kappa shape index (κ1) is 33.0. The summed E-state index contributed by atoms with van der Waals surface area (Å²) in [5.74, 6) is 0. The molecule has 0 aliphatic heterocycles. The van der Waals surface area contributed by atoms with Crippen molar-refractivity contribution in [1.82, 2.24) is 0 Å². The maximum absolute atomic E-state index is 11.4. The molecule has 2 aliphatic rings. The Balaban J connectivity index is 0.000000252. The molecular weight excluding hydrogens is 574 g/mol. The van der Waals surface area contributed by atoms with Gasteiger partial charge in [0.2, 0.25) is 0 Å². The van der Waals surface area contributed by atoms with E-state index in [1.165, 1.54) is 18.6 Å². The van der Waals surface area contributed by atoms with Gasteiger partial charge in [-0.25, -0.2) is 0 Å². The average Bonchev–Trinajstić information content (AvgIpc) is 2.89. The second-order valence-electron chi connectivity index (χ2n) is 9.93. The smallest absolute Gasteiger partial charge is 0.251 e. The lowest BCUT2D eigenvalue weighted by Crippen LogP contribution is -2.47. The topological polar surface area (TPSA) is 130 Å². The summed E-state index contributed by atoms with van der Waals surface area (Å²) in [6.45, 7) is 0. The molecule has 0 heterocycles. The standard InChI is InChI=1S/C13H15Cl2NO3.C13H17Cl2NO.CH4O/c14-10-6-9(7-11(15)8-10)12(17)13(16(18)19)4-2-1-3-5-13;14-10-6-9(7-11(15)8-10)12(17)13(16)4-2-1-3-5-13;1-2/h6-8,12,17H,1-5H2;6-8,12,17H,1-5,16H2;2H,1H3. The summed E-state index contributed by atoms with van der Waals surface area (Å²) in [6, 6.07) is 9.75. The SMILES string of the molecule is CO.NC1(C(O)c2cc(Cl)cc(Cl)c2)CCCCC1.O=[N+]([O-])C1(C(O)c2cc(Cl)cc(Cl)c2)CCCCC1. The minimum absolute atomic E-state index is 0.342. The van der Waals surface area contributed by atoms with E-state index in [0.717, 1.165) is 52.1 Å². The number of rotatable bonds is 5. The number of benzene rings is 2. The fourth-order valence-corrected chi connectivity index (χ4v) is 6.40. The van der Waals surface area contributed by atoms with Crippen LogP contribution in [0.25, 0.3) is 0 Å². The molecule has 2 fully saturated rings. The Labute approximate surface area is 244 Å². The molecule has 2 saturated carbocycles. The van der Waals surface area contributed by atoms with Crippen molar-refractivity contribution in [3.8, 4) is 0 Å². The molecule has 2 atom stereocenters. The van der Waals surface area contributed by atoms with Crippen LogP contribution in [0.5, 0.6) is 0 Å². The fraction of sp³-hybridized carbons (Fsp3) is 0.556. The van der Waals surface area contributed by atoms with Crippen LogP contribution in [0, 0.1) is 10.1 Å². The van der Waals surface area contributed by atoms with Gasteiger partial charge in [0.25, 0.3) is 5.54 Å². The zero-order valence-electron chi connectivity index (χ0n) is 21.4. The predicted octanol–water partition coefficient (Wildman–Crippen LogP) is 7.30. The minimum atomic E-state index is -1.31. The van der Waals surface area contributed by atoms with E-state index in [1.807, 2.05) is 0 Å². The van der Waals surface area contributed by atoms with Crippen molar-refractivity contribution in [2.45, 2.75) is 87.5 Å². The molecule has 7 nitrogen and oxygen atoms in total. The van der Waals surface area contributed by atoms with Crippen LogP contribution >= 0.6 is 46.4 Å². The van der Waals surface area contributed by atoms with Crippen molar-refractivity contribution in [2.24, 2.45) is 5.73 Å².